The summed E-state index contributed by atoms with van der Waals surface area (Å²) in [5.74, 6) is 2.73. The van der Waals surface area contributed by atoms with E-state index in [1.165, 1.54) is 0 Å². The van der Waals surface area contributed by atoms with Crippen LogP contribution in [0.3, 0.4) is 0 Å². The lowest BCUT2D eigenvalue weighted by molar-refractivity contribution is 0.635. The molecule has 6 nitrogen and oxygen atoms in total. The average molecular weight is 389 g/mol. The molecule has 0 amide bonds. The van der Waals surface area contributed by atoms with Crippen LogP contribution in [0, 0.1) is 0 Å². The Morgan fingerprint density at radius 3 is 2.38 bits per heavy atom. The van der Waals surface area contributed by atoms with E-state index < -0.39 is 0 Å². The van der Waals surface area contributed by atoms with Gasteiger partial charge in [-0.15, -0.1) is 0 Å². The first-order valence-electron chi connectivity index (χ1n) is 10.4. The summed E-state index contributed by atoms with van der Waals surface area (Å²) in [5.41, 5.74) is 2.07. The molecular weight excluding hydrogens is 360 g/mol. The van der Waals surface area contributed by atoms with Crippen LogP contribution < -0.4 is 15.1 Å². The minimum atomic E-state index is 0.797. The van der Waals surface area contributed by atoms with Crippen molar-refractivity contribution in [2.45, 2.75) is 19.8 Å². The van der Waals surface area contributed by atoms with Gasteiger partial charge in [0.2, 0.25) is 5.95 Å². The summed E-state index contributed by atoms with van der Waals surface area (Å²) in [7, 11) is 0. The number of pyridine rings is 1. The molecule has 0 atom stereocenters. The smallest absolute Gasteiger partial charge is 0.227 e. The van der Waals surface area contributed by atoms with Crippen molar-refractivity contribution in [2.24, 2.45) is 0 Å². The van der Waals surface area contributed by atoms with Gasteiger partial charge in [-0.3, -0.25) is 0 Å². The molecule has 1 aliphatic heterocycles. The third-order valence-electron chi connectivity index (χ3n) is 5.16. The Balaban J connectivity index is 1.53. The lowest BCUT2D eigenvalue weighted by Crippen LogP contribution is -2.47. The summed E-state index contributed by atoms with van der Waals surface area (Å²) in [5, 5.41) is 3.47. The van der Waals surface area contributed by atoms with E-state index in [4.69, 9.17) is 9.97 Å². The summed E-state index contributed by atoms with van der Waals surface area (Å²) < 4.78 is 0. The fourth-order valence-electron chi connectivity index (χ4n) is 3.49. The summed E-state index contributed by atoms with van der Waals surface area (Å²) in [4.78, 5) is 18.8. The lowest BCUT2D eigenvalue weighted by atomic mass is 10.1. The second-order valence-electron chi connectivity index (χ2n) is 7.25. The Kier molecular flexibility index (Phi) is 6.19. The van der Waals surface area contributed by atoms with Gasteiger partial charge in [-0.1, -0.05) is 49.7 Å². The van der Waals surface area contributed by atoms with Crippen molar-refractivity contribution >= 4 is 17.6 Å². The molecule has 1 aromatic carbocycles. The van der Waals surface area contributed by atoms with Crippen molar-refractivity contribution in [1.82, 2.24) is 15.0 Å². The number of rotatable bonds is 7. The van der Waals surface area contributed by atoms with Gasteiger partial charge in [-0.2, -0.15) is 4.98 Å². The third-order valence-corrected chi connectivity index (χ3v) is 5.16. The van der Waals surface area contributed by atoms with E-state index >= 15 is 0 Å². The van der Waals surface area contributed by atoms with E-state index in [0.29, 0.717) is 0 Å². The third kappa shape index (κ3) is 4.83. The Labute approximate surface area is 172 Å². The zero-order valence-electron chi connectivity index (χ0n) is 17.0. The average Bonchev–Trinajstić information content (AvgIpc) is 2.80. The van der Waals surface area contributed by atoms with Crippen molar-refractivity contribution < 1.29 is 0 Å². The van der Waals surface area contributed by atoms with E-state index in [-0.39, 0.29) is 0 Å². The Hall–Kier alpha value is -3.15. The normalized spacial score (nSPS) is 14.1. The van der Waals surface area contributed by atoms with Crippen molar-refractivity contribution in [3.63, 3.8) is 0 Å². The number of nitrogens with one attached hydrogen (secondary N) is 1. The summed E-state index contributed by atoms with van der Waals surface area (Å²) >= 11 is 0. The molecule has 0 radical (unpaired) electrons. The first-order chi connectivity index (χ1) is 14.3. The number of hydrogen-bond acceptors (Lipinski definition) is 6. The molecule has 3 heterocycles. The molecule has 3 aromatic rings. The minimum Gasteiger partial charge on any atom is -0.370 e. The van der Waals surface area contributed by atoms with Crippen molar-refractivity contribution in [3.8, 4) is 11.3 Å². The van der Waals surface area contributed by atoms with Crippen LogP contribution in [0.15, 0.2) is 60.8 Å². The van der Waals surface area contributed by atoms with Crippen LogP contribution in [0.5, 0.6) is 0 Å². The fraction of sp³-hybridized carbons (Fsp3) is 0.348. The van der Waals surface area contributed by atoms with Gasteiger partial charge in [0, 0.05) is 50.6 Å². The quantitative estimate of drug-likeness (QED) is 0.616. The molecule has 1 saturated heterocycles. The van der Waals surface area contributed by atoms with Crippen molar-refractivity contribution in [1.29, 1.82) is 0 Å². The number of piperazine rings is 1. The fourth-order valence-corrected chi connectivity index (χ4v) is 3.49. The maximum atomic E-state index is 4.89. The first kappa shape index (κ1) is 19.2. The molecule has 29 heavy (non-hydrogen) atoms. The number of hydrogen-bond donors (Lipinski definition) is 1. The van der Waals surface area contributed by atoms with Gasteiger partial charge in [0.15, 0.2) is 0 Å². The maximum absolute atomic E-state index is 4.89. The van der Waals surface area contributed by atoms with E-state index in [1.54, 1.807) is 0 Å². The lowest BCUT2D eigenvalue weighted by Gasteiger charge is -2.35. The Bertz CT molecular complexity index is 892. The van der Waals surface area contributed by atoms with Crippen LogP contribution >= 0.6 is 0 Å². The number of nitrogens with zero attached hydrogens (tertiary/aromatic N) is 5. The van der Waals surface area contributed by atoms with E-state index in [1.807, 2.05) is 36.5 Å². The van der Waals surface area contributed by atoms with Gasteiger partial charge in [0.1, 0.15) is 11.6 Å². The second kappa shape index (κ2) is 9.37. The predicted octanol–water partition coefficient (Wildman–Crippen LogP) is 4.08. The van der Waals surface area contributed by atoms with Crippen LogP contribution in [0.1, 0.15) is 19.8 Å². The second-order valence-corrected chi connectivity index (χ2v) is 7.25. The van der Waals surface area contributed by atoms with Gasteiger partial charge in [0.05, 0.1) is 5.69 Å². The van der Waals surface area contributed by atoms with E-state index in [9.17, 15) is 0 Å². The monoisotopic (exact) mass is 388 g/mol. The standard InChI is InChI=1S/C23H28N6/c1-2-3-12-24-21-18-20(19-9-5-4-6-10-19)26-23(27-21)29-16-14-28(15-17-29)22-11-7-8-13-25-22/h4-11,13,18H,2-3,12,14-17H2,1H3,(H,24,26,27). The van der Waals surface area contributed by atoms with Crippen LogP contribution in [0.2, 0.25) is 0 Å². The van der Waals surface area contributed by atoms with E-state index in [0.717, 1.165) is 74.4 Å². The van der Waals surface area contributed by atoms with Crippen LogP contribution in [-0.4, -0.2) is 47.7 Å². The summed E-state index contributed by atoms with van der Waals surface area (Å²) in [6.45, 7) is 6.70. The number of unbranched alkanes of at least 4 members (excludes halogenated alkanes) is 1. The van der Waals surface area contributed by atoms with Crippen LogP contribution in [0.25, 0.3) is 11.3 Å². The molecule has 6 heteroatoms. The molecule has 0 unspecified atom stereocenters. The maximum Gasteiger partial charge on any atom is 0.227 e. The molecule has 0 aliphatic carbocycles. The molecule has 0 spiro atoms. The molecule has 4 rings (SSSR count). The molecule has 1 fully saturated rings. The van der Waals surface area contributed by atoms with Gasteiger partial charge in [0.25, 0.3) is 0 Å². The molecule has 1 aliphatic rings. The van der Waals surface area contributed by atoms with Gasteiger partial charge < -0.3 is 15.1 Å². The highest BCUT2D eigenvalue weighted by Gasteiger charge is 2.21. The zero-order valence-corrected chi connectivity index (χ0v) is 17.0. The highest BCUT2D eigenvalue weighted by atomic mass is 15.3. The van der Waals surface area contributed by atoms with Crippen molar-refractivity contribution in [3.05, 3.63) is 60.8 Å². The topological polar surface area (TPSA) is 57.2 Å². The molecular formula is C23H28N6. The van der Waals surface area contributed by atoms with Gasteiger partial charge in [-0.05, 0) is 18.6 Å². The van der Waals surface area contributed by atoms with E-state index in [2.05, 4.69) is 51.3 Å². The summed E-state index contributed by atoms with van der Waals surface area (Å²) in [6, 6.07) is 18.4. The van der Waals surface area contributed by atoms with Crippen molar-refractivity contribution in [2.75, 3.05) is 47.8 Å². The SMILES string of the molecule is CCCCNc1cc(-c2ccccc2)nc(N2CCN(c3ccccn3)CC2)n1. The highest BCUT2D eigenvalue weighted by molar-refractivity contribution is 5.64. The molecule has 2 aromatic heterocycles. The molecule has 0 bridgehead atoms. The van der Waals surface area contributed by atoms with Crippen LogP contribution in [0.4, 0.5) is 17.6 Å². The number of anilines is 3. The minimum absolute atomic E-state index is 0.797. The Morgan fingerprint density at radius 1 is 0.897 bits per heavy atom. The molecule has 150 valence electrons. The van der Waals surface area contributed by atoms with Gasteiger partial charge in [-0.25, -0.2) is 9.97 Å². The zero-order chi connectivity index (χ0) is 19.9. The predicted molar refractivity (Wildman–Crippen MR) is 120 cm³/mol. The molecule has 1 N–H and O–H groups in total. The Morgan fingerprint density at radius 2 is 1.66 bits per heavy atom. The molecule has 0 saturated carbocycles. The van der Waals surface area contributed by atoms with Gasteiger partial charge >= 0.3 is 0 Å². The largest absolute Gasteiger partial charge is 0.370 e. The number of benzene rings is 1. The number of aromatic nitrogens is 3. The van der Waals surface area contributed by atoms with Crippen LogP contribution in [-0.2, 0) is 0 Å². The summed E-state index contributed by atoms with van der Waals surface area (Å²) in [6.07, 6.45) is 4.14. The highest BCUT2D eigenvalue weighted by Crippen LogP contribution is 2.24. The first-order valence-corrected chi connectivity index (χ1v) is 10.4.